The third-order valence-corrected chi connectivity index (χ3v) is 8.71. The summed E-state index contributed by atoms with van der Waals surface area (Å²) in [5.74, 6) is -1.08. The van der Waals surface area contributed by atoms with Crippen LogP contribution in [0, 0.1) is 0 Å². The second kappa shape index (κ2) is 43.1. The highest BCUT2D eigenvalue weighted by atomic mass is 16.6. The number of carbonyl (C=O) groups excluding carboxylic acids is 3. The van der Waals surface area contributed by atoms with Gasteiger partial charge in [0.05, 0.1) is 6.42 Å². The van der Waals surface area contributed by atoms with Crippen LogP contribution in [0.3, 0.4) is 0 Å². The van der Waals surface area contributed by atoms with Gasteiger partial charge in [-0.15, -0.1) is 0 Å². The lowest BCUT2D eigenvalue weighted by Crippen LogP contribution is -2.30. The molecule has 0 aliphatic heterocycles. The molecule has 6 heteroatoms. The third kappa shape index (κ3) is 41.3. The Morgan fingerprint density at radius 2 is 0.873 bits per heavy atom. The normalized spacial score (nSPS) is 13.0. The third-order valence-electron chi connectivity index (χ3n) is 8.71. The predicted molar refractivity (Wildman–Crippen MR) is 233 cm³/mol. The van der Waals surface area contributed by atoms with Gasteiger partial charge in [-0.05, 0) is 51.4 Å². The number of carbonyl (C=O) groups is 3. The van der Waals surface area contributed by atoms with E-state index in [1.54, 1.807) is 6.08 Å². The number of ether oxygens (including phenoxy) is 3. The second-order valence-corrected chi connectivity index (χ2v) is 14.0. The van der Waals surface area contributed by atoms with Gasteiger partial charge in [0.25, 0.3) is 0 Å². The molecule has 0 rings (SSSR count). The van der Waals surface area contributed by atoms with Crippen molar-refractivity contribution in [3.8, 4) is 0 Å². The highest BCUT2D eigenvalue weighted by Crippen LogP contribution is 2.13. The van der Waals surface area contributed by atoms with Crippen LogP contribution < -0.4 is 0 Å². The SMILES string of the molecule is CC/C=C\C/C=C\C/C=C\CC(=O)OCC(COC(=O)CCCCCCC\C=C/C=C\C=C/C=C\C=C/CCC)OC(=O)CCCCCCCCCCCC. The topological polar surface area (TPSA) is 78.9 Å². The Kier molecular flexibility index (Phi) is 40.2. The largest absolute Gasteiger partial charge is 0.462 e. The van der Waals surface area contributed by atoms with E-state index in [1.165, 1.54) is 51.4 Å². The fourth-order valence-electron chi connectivity index (χ4n) is 5.47. The fourth-order valence-corrected chi connectivity index (χ4v) is 5.47. The van der Waals surface area contributed by atoms with Crippen molar-refractivity contribution < 1.29 is 28.6 Å². The van der Waals surface area contributed by atoms with E-state index in [2.05, 4.69) is 69.4 Å². The van der Waals surface area contributed by atoms with Crippen molar-refractivity contribution in [3.63, 3.8) is 0 Å². The zero-order valence-electron chi connectivity index (χ0n) is 35.1. The lowest BCUT2D eigenvalue weighted by molar-refractivity contribution is -0.166. The van der Waals surface area contributed by atoms with Gasteiger partial charge in [-0.1, -0.05) is 201 Å². The van der Waals surface area contributed by atoms with Gasteiger partial charge in [0.2, 0.25) is 0 Å². The summed E-state index contributed by atoms with van der Waals surface area (Å²) < 4.78 is 16.5. The second-order valence-electron chi connectivity index (χ2n) is 14.0. The van der Waals surface area contributed by atoms with E-state index in [1.807, 2.05) is 42.5 Å². The number of hydrogen-bond donors (Lipinski definition) is 0. The molecule has 0 bridgehead atoms. The molecule has 6 nitrogen and oxygen atoms in total. The van der Waals surface area contributed by atoms with Gasteiger partial charge in [0.15, 0.2) is 6.10 Å². The molecule has 0 aliphatic carbocycles. The van der Waals surface area contributed by atoms with Crippen molar-refractivity contribution >= 4 is 17.9 Å². The molecule has 0 saturated heterocycles. The van der Waals surface area contributed by atoms with Crippen LogP contribution in [0.15, 0.2) is 97.2 Å². The number of rotatable bonds is 37. The first-order valence-electron chi connectivity index (χ1n) is 21.8. The van der Waals surface area contributed by atoms with Crippen molar-refractivity contribution in [1.29, 1.82) is 0 Å². The molecule has 0 fully saturated rings. The molecule has 0 spiro atoms. The summed E-state index contributed by atoms with van der Waals surface area (Å²) in [6.45, 7) is 6.26. The van der Waals surface area contributed by atoms with Gasteiger partial charge in [0, 0.05) is 12.8 Å². The average molecular weight is 763 g/mol. The average Bonchev–Trinajstić information content (AvgIpc) is 3.18. The monoisotopic (exact) mass is 763 g/mol. The van der Waals surface area contributed by atoms with Crippen molar-refractivity contribution in [2.24, 2.45) is 0 Å². The summed E-state index contributed by atoms with van der Waals surface area (Å²) in [6, 6.07) is 0. The molecule has 1 unspecified atom stereocenters. The van der Waals surface area contributed by atoms with Crippen LogP contribution in [0.25, 0.3) is 0 Å². The highest BCUT2D eigenvalue weighted by Gasteiger charge is 2.19. The first-order valence-corrected chi connectivity index (χ1v) is 21.8. The quantitative estimate of drug-likeness (QED) is 0.0206. The first-order chi connectivity index (χ1) is 27.0. The molecule has 1 atom stereocenters. The molecule has 0 radical (unpaired) electrons. The molecule has 0 aliphatic rings. The Labute approximate surface area is 337 Å². The summed E-state index contributed by atoms with van der Waals surface area (Å²) in [5.41, 5.74) is 0. The van der Waals surface area contributed by atoms with Crippen LogP contribution in [0.4, 0.5) is 0 Å². The lowest BCUT2D eigenvalue weighted by Gasteiger charge is -2.18. The Morgan fingerprint density at radius 1 is 0.418 bits per heavy atom. The Balaban J connectivity index is 4.46. The zero-order valence-corrected chi connectivity index (χ0v) is 35.1. The van der Waals surface area contributed by atoms with E-state index in [9.17, 15) is 14.4 Å². The van der Waals surface area contributed by atoms with Gasteiger partial charge in [-0.2, -0.15) is 0 Å². The maximum absolute atomic E-state index is 12.6. The molecule has 0 aromatic rings. The minimum atomic E-state index is -0.819. The van der Waals surface area contributed by atoms with Crippen LogP contribution in [0.2, 0.25) is 0 Å². The molecular weight excluding hydrogens is 685 g/mol. The maximum atomic E-state index is 12.6. The van der Waals surface area contributed by atoms with Crippen LogP contribution in [-0.2, 0) is 28.6 Å². The van der Waals surface area contributed by atoms with Crippen molar-refractivity contribution in [2.45, 2.75) is 181 Å². The smallest absolute Gasteiger partial charge is 0.309 e. The minimum absolute atomic E-state index is 0.118. The number of hydrogen-bond acceptors (Lipinski definition) is 6. The van der Waals surface area contributed by atoms with E-state index in [4.69, 9.17) is 14.2 Å². The van der Waals surface area contributed by atoms with E-state index in [0.29, 0.717) is 12.8 Å². The molecule has 55 heavy (non-hydrogen) atoms. The van der Waals surface area contributed by atoms with Crippen LogP contribution in [-0.4, -0.2) is 37.2 Å². The van der Waals surface area contributed by atoms with Crippen LogP contribution in [0.5, 0.6) is 0 Å². The maximum Gasteiger partial charge on any atom is 0.309 e. The number of allylic oxidation sites excluding steroid dienone is 15. The van der Waals surface area contributed by atoms with Gasteiger partial charge in [-0.25, -0.2) is 0 Å². The van der Waals surface area contributed by atoms with Crippen LogP contribution >= 0.6 is 0 Å². The first kappa shape index (κ1) is 51.3. The summed E-state index contributed by atoms with van der Waals surface area (Å²) in [5, 5.41) is 0. The lowest BCUT2D eigenvalue weighted by atomic mass is 10.1. The predicted octanol–water partition coefficient (Wildman–Crippen LogP) is 13.9. The molecule has 0 N–H and O–H groups in total. The van der Waals surface area contributed by atoms with Gasteiger partial charge < -0.3 is 14.2 Å². The van der Waals surface area contributed by atoms with E-state index >= 15 is 0 Å². The molecule has 0 aromatic carbocycles. The molecule has 0 aromatic heterocycles. The summed E-state index contributed by atoms with van der Waals surface area (Å²) >= 11 is 0. The molecular formula is C49H78O6. The van der Waals surface area contributed by atoms with Gasteiger partial charge in [-0.3, -0.25) is 14.4 Å². The van der Waals surface area contributed by atoms with Crippen molar-refractivity contribution in [2.75, 3.05) is 13.2 Å². The standard InChI is InChI=1S/C49H78O6/c1-4-7-10-13-16-19-21-22-23-24-25-26-27-28-31-33-36-39-42-48(51)54-45-46(44-53-47(50)41-38-35-32-29-18-15-12-9-6-3)55-49(52)43-40-37-34-30-20-17-14-11-8-5-2/h9-10,12-13,16,18-19,21-26,29,35,38,46H,4-8,11,14-15,17,20,27-28,30-34,36-37,39-45H2,1-3H3/b12-9-,13-10-,19-16-,22-21-,24-23-,26-25-,29-18-,38-35-. The zero-order chi connectivity index (χ0) is 40.1. The van der Waals surface area contributed by atoms with Crippen molar-refractivity contribution in [3.05, 3.63) is 97.2 Å². The van der Waals surface area contributed by atoms with Gasteiger partial charge in [0.1, 0.15) is 13.2 Å². The Bertz CT molecular complexity index is 1150. The molecule has 0 heterocycles. The van der Waals surface area contributed by atoms with Gasteiger partial charge >= 0.3 is 17.9 Å². The highest BCUT2D eigenvalue weighted by molar-refractivity contribution is 5.72. The molecule has 310 valence electrons. The fraction of sp³-hybridized carbons (Fsp3) is 0.612. The van der Waals surface area contributed by atoms with E-state index in [0.717, 1.165) is 83.5 Å². The Morgan fingerprint density at radius 3 is 1.44 bits per heavy atom. The molecule has 0 amide bonds. The van der Waals surface area contributed by atoms with E-state index < -0.39 is 12.1 Å². The summed E-state index contributed by atoms with van der Waals surface area (Å²) in [7, 11) is 0. The van der Waals surface area contributed by atoms with E-state index in [-0.39, 0.29) is 31.6 Å². The number of esters is 3. The Hall–Kier alpha value is -3.67. The number of unbranched alkanes of at least 4 members (excludes halogenated alkanes) is 15. The molecule has 0 saturated carbocycles. The summed E-state index contributed by atoms with van der Waals surface area (Å²) in [4.78, 5) is 37.5. The summed E-state index contributed by atoms with van der Waals surface area (Å²) in [6.07, 6.45) is 55.6. The van der Waals surface area contributed by atoms with Crippen molar-refractivity contribution in [1.82, 2.24) is 0 Å². The van der Waals surface area contributed by atoms with Crippen LogP contribution in [0.1, 0.15) is 175 Å². The minimum Gasteiger partial charge on any atom is -0.462 e.